The number of carbonyl (C=O) groups excluding carboxylic acids is 2. The van der Waals surface area contributed by atoms with Crippen molar-refractivity contribution in [2.45, 2.75) is 25.9 Å². The van der Waals surface area contributed by atoms with Crippen LogP contribution < -0.4 is 9.62 Å². The number of likely N-dealkylation sites (N-methyl/N-ethyl adjacent to an activating group) is 1. The Morgan fingerprint density at radius 3 is 2.25 bits per heavy atom. The minimum Gasteiger partial charge on any atom is -0.357 e. The second-order valence-electron chi connectivity index (χ2n) is 7.02. The Kier molecular flexibility index (Phi) is 9.21. The molecule has 2 aromatic carbocycles. The number of rotatable bonds is 9. The first-order valence-corrected chi connectivity index (χ1v) is 12.6. The molecule has 174 valence electrons. The van der Waals surface area contributed by atoms with Crippen molar-refractivity contribution in [2.24, 2.45) is 0 Å². The van der Waals surface area contributed by atoms with Gasteiger partial charge in [0.1, 0.15) is 12.6 Å². The van der Waals surface area contributed by atoms with Crippen LogP contribution in [0.1, 0.15) is 18.9 Å². The number of anilines is 1. The van der Waals surface area contributed by atoms with Crippen LogP contribution in [-0.4, -0.2) is 51.0 Å². The summed E-state index contributed by atoms with van der Waals surface area (Å²) in [5.41, 5.74) is 0.734. The molecular formula is C21H24Cl3N3O4S. The molecule has 0 saturated carbocycles. The number of halogens is 3. The Morgan fingerprint density at radius 1 is 1.06 bits per heavy atom. The van der Waals surface area contributed by atoms with Crippen molar-refractivity contribution in [3.8, 4) is 0 Å². The van der Waals surface area contributed by atoms with Gasteiger partial charge in [-0.2, -0.15) is 0 Å². The van der Waals surface area contributed by atoms with E-state index in [1.807, 2.05) is 0 Å². The smallest absolute Gasteiger partial charge is 0.244 e. The van der Waals surface area contributed by atoms with Gasteiger partial charge in [0.2, 0.25) is 21.8 Å². The lowest BCUT2D eigenvalue weighted by Gasteiger charge is -2.33. The van der Waals surface area contributed by atoms with E-state index in [0.717, 1.165) is 10.6 Å². The zero-order chi connectivity index (χ0) is 24.1. The first kappa shape index (κ1) is 26.3. The summed E-state index contributed by atoms with van der Waals surface area (Å²) in [6, 6.07) is 10.3. The van der Waals surface area contributed by atoms with Crippen LogP contribution in [0, 0.1) is 0 Å². The Balaban J connectivity index is 2.47. The molecular weight excluding hydrogens is 497 g/mol. The average molecular weight is 521 g/mol. The molecule has 7 nitrogen and oxygen atoms in total. The number of nitrogens with zero attached hydrogens (tertiary/aromatic N) is 2. The molecule has 0 aliphatic rings. The number of hydrogen-bond acceptors (Lipinski definition) is 4. The van der Waals surface area contributed by atoms with Crippen molar-refractivity contribution in [3.05, 3.63) is 63.1 Å². The zero-order valence-corrected chi connectivity index (χ0v) is 20.9. The maximum Gasteiger partial charge on any atom is 0.244 e. The molecule has 0 unspecified atom stereocenters. The predicted octanol–water partition coefficient (Wildman–Crippen LogP) is 3.97. The third-order valence-corrected chi connectivity index (χ3v) is 6.82. The van der Waals surface area contributed by atoms with Gasteiger partial charge in [-0.05, 0) is 36.2 Å². The highest BCUT2D eigenvalue weighted by Gasteiger charge is 2.32. The minimum atomic E-state index is -3.86. The van der Waals surface area contributed by atoms with Crippen LogP contribution in [0.5, 0.6) is 0 Å². The fourth-order valence-corrected chi connectivity index (χ4v) is 4.79. The minimum absolute atomic E-state index is 0.0130. The van der Waals surface area contributed by atoms with Gasteiger partial charge in [-0.3, -0.25) is 13.9 Å². The van der Waals surface area contributed by atoms with Crippen LogP contribution in [0.15, 0.2) is 42.5 Å². The largest absolute Gasteiger partial charge is 0.357 e. The molecule has 2 aromatic rings. The van der Waals surface area contributed by atoms with Gasteiger partial charge < -0.3 is 10.2 Å². The van der Waals surface area contributed by atoms with E-state index < -0.39 is 28.5 Å². The normalized spacial score (nSPS) is 12.2. The van der Waals surface area contributed by atoms with E-state index in [0.29, 0.717) is 22.0 Å². The third kappa shape index (κ3) is 6.51. The van der Waals surface area contributed by atoms with Crippen LogP contribution in [-0.2, 0) is 26.2 Å². The Morgan fingerprint density at radius 2 is 1.72 bits per heavy atom. The van der Waals surface area contributed by atoms with Gasteiger partial charge in [-0.25, -0.2) is 8.42 Å². The van der Waals surface area contributed by atoms with E-state index in [9.17, 15) is 18.0 Å². The summed E-state index contributed by atoms with van der Waals surface area (Å²) in [7, 11) is -2.39. The molecule has 2 rings (SSSR count). The van der Waals surface area contributed by atoms with Gasteiger partial charge in [0.25, 0.3) is 0 Å². The van der Waals surface area contributed by atoms with Crippen LogP contribution in [0.2, 0.25) is 15.1 Å². The summed E-state index contributed by atoms with van der Waals surface area (Å²) < 4.78 is 25.9. The third-order valence-electron chi connectivity index (χ3n) is 4.79. The molecule has 0 aliphatic heterocycles. The van der Waals surface area contributed by atoms with Gasteiger partial charge in [-0.1, -0.05) is 59.9 Å². The van der Waals surface area contributed by atoms with Crippen LogP contribution in [0.4, 0.5) is 5.69 Å². The van der Waals surface area contributed by atoms with Gasteiger partial charge >= 0.3 is 0 Å². The van der Waals surface area contributed by atoms with Crippen molar-refractivity contribution in [1.82, 2.24) is 10.2 Å². The van der Waals surface area contributed by atoms with E-state index in [1.165, 1.54) is 30.1 Å². The van der Waals surface area contributed by atoms with Gasteiger partial charge in [-0.15, -0.1) is 0 Å². The molecule has 0 radical (unpaired) electrons. The van der Waals surface area contributed by atoms with Crippen molar-refractivity contribution in [2.75, 3.05) is 24.2 Å². The van der Waals surface area contributed by atoms with E-state index in [2.05, 4.69) is 5.32 Å². The monoisotopic (exact) mass is 519 g/mol. The molecule has 0 aliphatic carbocycles. The molecule has 32 heavy (non-hydrogen) atoms. The van der Waals surface area contributed by atoms with E-state index in [1.54, 1.807) is 31.2 Å². The standard InChI is InChI=1S/C21H24Cl3N3O4S/c1-4-18(21(29)25-2)26(12-14-9-10-15(22)11-17(14)24)20(28)13-27(32(3,30)31)19-8-6-5-7-16(19)23/h5-11,18H,4,12-13H2,1-3H3,(H,25,29)/t18-/m1/s1. The zero-order valence-electron chi connectivity index (χ0n) is 17.8. The highest BCUT2D eigenvalue weighted by Crippen LogP contribution is 2.28. The van der Waals surface area contributed by atoms with Gasteiger partial charge in [0.05, 0.1) is 17.0 Å². The molecule has 0 fully saturated rings. The van der Waals surface area contributed by atoms with Crippen molar-refractivity contribution < 1.29 is 18.0 Å². The number of hydrogen-bond donors (Lipinski definition) is 1. The first-order chi connectivity index (χ1) is 15.0. The van der Waals surface area contributed by atoms with Crippen molar-refractivity contribution in [1.29, 1.82) is 0 Å². The number of benzene rings is 2. The second kappa shape index (κ2) is 11.2. The van der Waals surface area contributed by atoms with Gasteiger partial charge in [0, 0.05) is 23.6 Å². The average Bonchev–Trinajstić information content (AvgIpc) is 2.72. The number of sulfonamides is 1. The molecule has 0 bridgehead atoms. The summed E-state index contributed by atoms with van der Waals surface area (Å²) in [4.78, 5) is 27.2. The van der Waals surface area contributed by atoms with Crippen LogP contribution in [0.3, 0.4) is 0 Å². The predicted molar refractivity (Wildman–Crippen MR) is 129 cm³/mol. The maximum absolute atomic E-state index is 13.4. The van der Waals surface area contributed by atoms with Crippen LogP contribution in [0.25, 0.3) is 0 Å². The molecule has 2 amide bonds. The molecule has 0 heterocycles. The highest BCUT2D eigenvalue weighted by atomic mass is 35.5. The second-order valence-corrected chi connectivity index (χ2v) is 10.2. The topological polar surface area (TPSA) is 86.8 Å². The lowest BCUT2D eigenvalue weighted by Crippen LogP contribution is -2.51. The van der Waals surface area contributed by atoms with Crippen LogP contribution >= 0.6 is 34.8 Å². The van der Waals surface area contributed by atoms with Gasteiger partial charge in [0.15, 0.2) is 0 Å². The summed E-state index contributed by atoms with van der Waals surface area (Å²) in [5, 5.41) is 3.48. The molecule has 1 atom stereocenters. The molecule has 0 aromatic heterocycles. The number of para-hydroxylation sites is 1. The molecule has 0 spiro atoms. The first-order valence-electron chi connectivity index (χ1n) is 9.66. The quantitative estimate of drug-likeness (QED) is 0.542. The van der Waals surface area contributed by atoms with Crippen molar-refractivity contribution >= 4 is 62.3 Å². The number of amides is 2. The molecule has 1 N–H and O–H groups in total. The Hall–Kier alpha value is -2.00. The Bertz CT molecular complexity index is 1100. The molecule has 11 heteroatoms. The van der Waals surface area contributed by atoms with E-state index in [-0.39, 0.29) is 23.2 Å². The lowest BCUT2D eigenvalue weighted by molar-refractivity contribution is -0.140. The molecule has 0 saturated heterocycles. The SMILES string of the molecule is CC[C@H](C(=O)NC)N(Cc1ccc(Cl)cc1Cl)C(=O)CN(c1ccccc1Cl)S(C)(=O)=O. The van der Waals surface area contributed by atoms with E-state index in [4.69, 9.17) is 34.8 Å². The fourth-order valence-electron chi connectivity index (χ4n) is 3.17. The summed E-state index contributed by atoms with van der Waals surface area (Å²) >= 11 is 18.4. The fraction of sp³-hybridized carbons (Fsp3) is 0.333. The summed E-state index contributed by atoms with van der Waals surface area (Å²) in [6.07, 6.45) is 1.29. The number of carbonyl (C=O) groups is 2. The lowest BCUT2D eigenvalue weighted by atomic mass is 10.1. The highest BCUT2D eigenvalue weighted by molar-refractivity contribution is 7.92. The number of nitrogens with one attached hydrogen (secondary N) is 1. The van der Waals surface area contributed by atoms with Crippen molar-refractivity contribution in [3.63, 3.8) is 0 Å². The summed E-state index contributed by atoms with van der Waals surface area (Å²) in [5.74, 6) is -0.966. The summed E-state index contributed by atoms with van der Waals surface area (Å²) in [6.45, 7) is 1.20. The Labute approximate surface area is 203 Å². The maximum atomic E-state index is 13.4. The van der Waals surface area contributed by atoms with E-state index >= 15 is 0 Å².